The molecule has 1 amide bonds. The molecule has 3 rings (SSSR count). The van der Waals surface area contributed by atoms with Gasteiger partial charge in [0, 0.05) is 12.0 Å². The van der Waals surface area contributed by atoms with Crippen LogP contribution in [0.15, 0.2) is 4.52 Å². The van der Waals surface area contributed by atoms with Crippen molar-refractivity contribution in [3.8, 4) is 0 Å². The highest BCUT2D eigenvalue weighted by Crippen LogP contribution is 2.25. The van der Waals surface area contributed by atoms with Crippen LogP contribution in [0.25, 0.3) is 0 Å². The van der Waals surface area contributed by atoms with Crippen LogP contribution in [-0.4, -0.2) is 50.8 Å². The van der Waals surface area contributed by atoms with Gasteiger partial charge in [-0.1, -0.05) is 32.9 Å². The van der Waals surface area contributed by atoms with Crippen molar-refractivity contribution in [2.24, 2.45) is 0 Å². The Labute approximate surface area is 146 Å². The topological polar surface area (TPSA) is 97.1 Å². The molecule has 1 atom stereocenters. The summed E-state index contributed by atoms with van der Waals surface area (Å²) in [5.41, 5.74) is 1.12. The average molecular weight is 347 g/mol. The third-order valence-corrected chi connectivity index (χ3v) is 4.31. The van der Waals surface area contributed by atoms with Gasteiger partial charge in [0.1, 0.15) is 17.4 Å². The van der Waals surface area contributed by atoms with E-state index in [1.165, 1.54) is 0 Å². The molecule has 8 nitrogen and oxygen atoms in total. The summed E-state index contributed by atoms with van der Waals surface area (Å²) in [5.74, 6) is 1.87. The van der Waals surface area contributed by atoms with Crippen LogP contribution in [0.5, 0.6) is 0 Å². The van der Waals surface area contributed by atoms with E-state index in [-0.39, 0.29) is 17.4 Å². The van der Waals surface area contributed by atoms with Crippen molar-refractivity contribution < 1.29 is 14.1 Å². The quantitative estimate of drug-likeness (QED) is 0.914. The van der Waals surface area contributed by atoms with E-state index in [4.69, 9.17) is 9.26 Å². The molecule has 25 heavy (non-hydrogen) atoms. The molecule has 2 aromatic rings. The van der Waals surface area contributed by atoms with Crippen molar-refractivity contribution in [3.05, 3.63) is 28.7 Å². The summed E-state index contributed by atoms with van der Waals surface area (Å²) < 4.78 is 11.0. The lowest BCUT2D eigenvalue weighted by molar-refractivity contribution is -0.0267. The van der Waals surface area contributed by atoms with Gasteiger partial charge in [-0.3, -0.25) is 9.89 Å². The molecule has 136 valence electrons. The highest BCUT2D eigenvalue weighted by Gasteiger charge is 2.32. The minimum Gasteiger partial charge on any atom is -0.367 e. The van der Waals surface area contributed by atoms with Crippen molar-refractivity contribution in [2.45, 2.75) is 52.6 Å². The fourth-order valence-electron chi connectivity index (χ4n) is 2.84. The van der Waals surface area contributed by atoms with Gasteiger partial charge >= 0.3 is 0 Å². The Balaban J connectivity index is 1.78. The zero-order valence-electron chi connectivity index (χ0n) is 15.4. The fourth-order valence-corrected chi connectivity index (χ4v) is 2.84. The maximum Gasteiger partial charge on any atom is 0.259 e. The van der Waals surface area contributed by atoms with Crippen molar-refractivity contribution in [1.29, 1.82) is 0 Å². The summed E-state index contributed by atoms with van der Waals surface area (Å²) in [4.78, 5) is 19.2. The number of carbonyl (C=O) groups excluding carboxylic acids is 1. The second kappa shape index (κ2) is 6.59. The van der Waals surface area contributed by atoms with Crippen LogP contribution in [0.1, 0.15) is 67.3 Å². The van der Waals surface area contributed by atoms with Crippen LogP contribution < -0.4 is 0 Å². The van der Waals surface area contributed by atoms with Gasteiger partial charge in [0.05, 0.1) is 18.8 Å². The van der Waals surface area contributed by atoms with Crippen LogP contribution in [-0.2, 0) is 16.6 Å². The number of H-pyrrole nitrogens is 1. The van der Waals surface area contributed by atoms with E-state index < -0.39 is 0 Å². The summed E-state index contributed by atoms with van der Waals surface area (Å²) in [6.45, 7) is 11.3. The summed E-state index contributed by atoms with van der Waals surface area (Å²) >= 11 is 0. The lowest BCUT2D eigenvalue weighted by Crippen LogP contribution is -2.43. The van der Waals surface area contributed by atoms with E-state index in [2.05, 4.69) is 41.1 Å². The molecule has 0 saturated carbocycles. The Kier molecular flexibility index (Phi) is 4.64. The van der Waals surface area contributed by atoms with E-state index in [1.807, 2.05) is 6.92 Å². The number of carbonyl (C=O) groups is 1. The zero-order chi connectivity index (χ0) is 18.2. The molecule has 1 saturated heterocycles. The first-order valence-electron chi connectivity index (χ1n) is 8.60. The Morgan fingerprint density at radius 3 is 2.80 bits per heavy atom. The third kappa shape index (κ3) is 3.44. The molecule has 0 bridgehead atoms. The molecule has 3 heterocycles. The first kappa shape index (κ1) is 17.6. The first-order valence-corrected chi connectivity index (χ1v) is 8.60. The molecule has 8 heteroatoms. The molecule has 1 N–H and O–H groups in total. The van der Waals surface area contributed by atoms with Crippen LogP contribution in [0.3, 0.4) is 0 Å². The lowest BCUT2D eigenvalue weighted by atomic mass is 9.96. The molecular formula is C17H25N5O3. The van der Waals surface area contributed by atoms with Crippen LogP contribution in [0, 0.1) is 6.92 Å². The molecule has 0 aliphatic carbocycles. The Hall–Kier alpha value is -2.22. The fraction of sp³-hybridized carbons (Fsp3) is 0.647. The lowest BCUT2D eigenvalue weighted by Gasteiger charge is -2.31. The van der Waals surface area contributed by atoms with E-state index in [9.17, 15) is 4.79 Å². The van der Waals surface area contributed by atoms with Crippen LogP contribution in [0.2, 0.25) is 0 Å². The van der Waals surface area contributed by atoms with Crippen molar-refractivity contribution in [1.82, 2.24) is 25.2 Å². The molecule has 1 aliphatic rings. The molecule has 1 fully saturated rings. The molecule has 0 spiro atoms. The zero-order valence-corrected chi connectivity index (χ0v) is 15.4. The van der Waals surface area contributed by atoms with Crippen LogP contribution >= 0.6 is 0 Å². The van der Waals surface area contributed by atoms with E-state index in [1.54, 1.807) is 11.8 Å². The SMILES string of the molecule is CCc1noc(C)c1C(=O)N1CCOC(c2nc(C(C)(C)C)n[nH]2)C1. The number of morpholine rings is 1. The highest BCUT2D eigenvalue weighted by atomic mass is 16.5. The van der Waals surface area contributed by atoms with E-state index in [0.29, 0.717) is 49.0 Å². The minimum atomic E-state index is -0.313. The van der Waals surface area contributed by atoms with Gasteiger partial charge in [-0.15, -0.1) is 0 Å². The normalized spacial score (nSPS) is 18.6. The summed E-state index contributed by atoms with van der Waals surface area (Å²) in [6, 6.07) is 0. The summed E-state index contributed by atoms with van der Waals surface area (Å²) in [5, 5.41) is 11.2. The Morgan fingerprint density at radius 1 is 1.40 bits per heavy atom. The van der Waals surface area contributed by atoms with Gasteiger partial charge in [0.15, 0.2) is 11.6 Å². The number of aryl methyl sites for hydroxylation is 2. The standard InChI is InChI=1S/C17H25N5O3/c1-6-11-13(10(2)25-21-11)15(23)22-7-8-24-12(9-22)14-18-16(20-19-14)17(3,4)5/h12H,6-9H2,1-5H3,(H,18,19,20). The van der Waals surface area contributed by atoms with Crippen molar-refractivity contribution in [3.63, 3.8) is 0 Å². The number of aromatic nitrogens is 4. The first-order chi connectivity index (χ1) is 11.8. The average Bonchev–Trinajstić information content (AvgIpc) is 3.20. The largest absolute Gasteiger partial charge is 0.367 e. The summed E-state index contributed by atoms with van der Waals surface area (Å²) in [6.07, 6.45) is 0.343. The predicted octanol–water partition coefficient (Wildman–Crippen LogP) is 2.17. The van der Waals surface area contributed by atoms with Gasteiger partial charge in [-0.05, 0) is 13.3 Å². The van der Waals surface area contributed by atoms with Gasteiger partial charge in [-0.25, -0.2) is 4.98 Å². The van der Waals surface area contributed by atoms with Crippen molar-refractivity contribution in [2.75, 3.05) is 19.7 Å². The van der Waals surface area contributed by atoms with Crippen LogP contribution in [0.4, 0.5) is 0 Å². The molecule has 1 aliphatic heterocycles. The second-order valence-electron chi connectivity index (χ2n) is 7.32. The number of nitrogens with one attached hydrogen (secondary N) is 1. The van der Waals surface area contributed by atoms with Gasteiger partial charge in [0.2, 0.25) is 0 Å². The number of hydrogen-bond acceptors (Lipinski definition) is 6. The van der Waals surface area contributed by atoms with Crippen molar-refractivity contribution >= 4 is 5.91 Å². The number of ether oxygens (including phenoxy) is 1. The molecule has 2 aromatic heterocycles. The van der Waals surface area contributed by atoms with Gasteiger partial charge in [-0.2, -0.15) is 5.10 Å². The summed E-state index contributed by atoms with van der Waals surface area (Å²) in [7, 11) is 0. The number of amides is 1. The second-order valence-corrected chi connectivity index (χ2v) is 7.32. The van der Waals surface area contributed by atoms with E-state index in [0.717, 1.165) is 5.82 Å². The smallest absolute Gasteiger partial charge is 0.259 e. The number of aromatic amines is 1. The Bertz CT molecular complexity index is 759. The van der Waals surface area contributed by atoms with Gasteiger partial charge < -0.3 is 14.2 Å². The predicted molar refractivity (Wildman–Crippen MR) is 90.3 cm³/mol. The Morgan fingerprint density at radius 2 is 2.16 bits per heavy atom. The number of hydrogen-bond donors (Lipinski definition) is 1. The van der Waals surface area contributed by atoms with Gasteiger partial charge in [0.25, 0.3) is 5.91 Å². The maximum atomic E-state index is 12.9. The highest BCUT2D eigenvalue weighted by molar-refractivity contribution is 5.96. The molecule has 0 aromatic carbocycles. The molecule has 0 radical (unpaired) electrons. The maximum absolute atomic E-state index is 12.9. The molecule has 1 unspecified atom stereocenters. The number of rotatable bonds is 3. The van der Waals surface area contributed by atoms with E-state index >= 15 is 0 Å². The number of nitrogens with zero attached hydrogens (tertiary/aromatic N) is 4. The minimum absolute atomic E-state index is 0.0699. The monoisotopic (exact) mass is 347 g/mol. The third-order valence-electron chi connectivity index (χ3n) is 4.31. The molecular weight excluding hydrogens is 322 g/mol.